The average Bonchev–Trinajstić information content (AvgIpc) is 3.25. The maximum Gasteiger partial charge on any atom is 0.228 e. The second-order valence-corrected chi connectivity index (χ2v) is 10.3. The van der Waals surface area contributed by atoms with Gasteiger partial charge in [0.1, 0.15) is 17.5 Å². The van der Waals surface area contributed by atoms with Crippen molar-refractivity contribution in [2.45, 2.75) is 45.7 Å². The van der Waals surface area contributed by atoms with Gasteiger partial charge in [-0.2, -0.15) is 4.98 Å². The predicted molar refractivity (Wildman–Crippen MR) is 139 cm³/mol. The highest BCUT2D eigenvalue weighted by Gasteiger charge is 2.29. The van der Waals surface area contributed by atoms with Gasteiger partial charge in [-0.05, 0) is 85.4 Å². The van der Waals surface area contributed by atoms with Crippen LogP contribution in [0.5, 0.6) is 0 Å². The van der Waals surface area contributed by atoms with Crippen LogP contribution in [0.4, 0.5) is 22.0 Å². The molecule has 6 nitrogen and oxygen atoms in total. The highest BCUT2D eigenvalue weighted by atomic mass is 79.9. The summed E-state index contributed by atoms with van der Waals surface area (Å²) in [6.07, 6.45) is 4.16. The summed E-state index contributed by atoms with van der Waals surface area (Å²) in [6, 6.07) is 11.4. The zero-order valence-electron chi connectivity index (χ0n) is 19.9. The SMILES string of the molecule is Cc1cc(Br)cnc1N1CCN(c2cc(-c3ccc(F)cc3)nc(N3CCCC3C)n2)C(C)C1. The van der Waals surface area contributed by atoms with E-state index in [0.717, 1.165) is 72.3 Å². The van der Waals surface area contributed by atoms with E-state index in [2.05, 4.69) is 62.5 Å². The fraction of sp³-hybridized carbons (Fsp3) is 0.423. The molecular formula is C26H30BrFN6. The predicted octanol–water partition coefficient (Wildman–Crippen LogP) is 5.45. The number of hydrogen-bond acceptors (Lipinski definition) is 6. The largest absolute Gasteiger partial charge is 0.353 e. The molecule has 2 aromatic heterocycles. The minimum atomic E-state index is -0.243. The highest BCUT2D eigenvalue weighted by molar-refractivity contribution is 9.10. The molecule has 2 unspecified atom stereocenters. The molecule has 4 heterocycles. The van der Waals surface area contributed by atoms with Crippen molar-refractivity contribution in [1.29, 1.82) is 0 Å². The molecule has 0 radical (unpaired) electrons. The summed E-state index contributed by atoms with van der Waals surface area (Å²) in [5.74, 6) is 2.49. The van der Waals surface area contributed by atoms with Crippen molar-refractivity contribution in [3.8, 4) is 11.3 Å². The molecule has 5 rings (SSSR count). The Balaban J connectivity index is 1.46. The first-order chi connectivity index (χ1) is 16.4. The van der Waals surface area contributed by atoms with E-state index in [1.165, 1.54) is 17.7 Å². The fourth-order valence-electron chi connectivity index (χ4n) is 5.05. The van der Waals surface area contributed by atoms with Crippen molar-refractivity contribution < 1.29 is 4.39 Å². The lowest BCUT2D eigenvalue weighted by molar-refractivity contribution is 0.541. The van der Waals surface area contributed by atoms with Gasteiger partial charge in [0.15, 0.2) is 0 Å². The normalized spacial score (nSPS) is 20.8. The topological polar surface area (TPSA) is 48.4 Å². The third kappa shape index (κ3) is 4.60. The van der Waals surface area contributed by atoms with E-state index in [1.807, 2.05) is 12.3 Å². The summed E-state index contributed by atoms with van der Waals surface area (Å²) in [7, 11) is 0. The van der Waals surface area contributed by atoms with Crippen molar-refractivity contribution in [2.24, 2.45) is 0 Å². The monoisotopic (exact) mass is 524 g/mol. The quantitative estimate of drug-likeness (QED) is 0.452. The minimum Gasteiger partial charge on any atom is -0.353 e. The molecular weight excluding hydrogens is 495 g/mol. The van der Waals surface area contributed by atoms with E-state index >= 15 is 0 Å². The molecule has 2 saturated heterocycles. The molecule has 2 aliphatic heterocycles. The molecule has 3 aromatic rings. The Morgan fingerprint density at radius 3 is 2.44 bits per heavy atom. The van der Waals surface area contributed by atoms with Crippen LogP contribution in [0, 0.1) is 12.7 Å². The second-order valence-electron chi connectivity index (χ2n) is 9.39. The molecule has 1 aromatic carbocycles. The number of aryl methyl sites for hydroxylation is 1. The Morgan fingerprint density at radius 1 is 0.971 bits per heavy atom. The van der Waals surface area contributed by atoms with Crippen LogP contribution in [0.3, 0.4) is 0 Å². The third-order valence-electron chi connectivity index (χ3n) is 6.89. The summed E-state index contributed by atoms with van der Waals surface area (Å²) in [6.45, 7) is 10.1. The number of halogens is 2. The van der Waals surface area contributed by atoms with Gasteiger partial charge in [0.25, 0.3) is 0 Å². The average molecular weight is 525 g/mol. The van der Waals surface area contributed by atoms with Crippen molar-refractivity contribution in [1.82, 2.24) is 15.0 Å². The van der Waals surface area contributed by atoms with Gasteiger partial charge in [0.05, 0.1) is 5.69 Å². The van der Waals surface area contributed by atoms with Crippen molar-refractivity contribution in [2.75, 3.05) is 40.9 Å². The molecule has 0 amide bonds. The van der Waals surface area contributed by atoms with Gasteiger partial charge in [-0.25, -0.2) is 14.4 Å². The molecule has 178 valence electrons. The fourth-order valence-corrected chi connectivity index (χ4v) is 5.50. The summed E-state index contributed by atoms with van der Waals surface area (Å²) >= 11 is 3.51. The van der Waals surface area contributed by atoms with Gasteiger partial charge in [0, 0.05) is 60.6 Å². The van der Waals surface area contributed by atoms with Gasteiger partial charge in [-0.3, -0.25) is 0 Å². The van der Waals surface area contributed by atoms with Gasteiger partial charge in [0.2, 0.25) is 5.95 Å². The molecule has 8 heteroatoms. The molecule has 0 spiro atoms. The summed E-state index contributed by atoms with van der Waals surface area (Å²) in [5, 5.41) is 0. The molecule has 34 heavy (non-hydrogen) atoms. The van der Waals surface area contributed by atoms with Gasteiger partial charge in [-0.1, -0.05) is 0 Å². The van der Waals surface area contributed by atoms with Crippen LogP contribution in [0.25, 0.3) is 11.3 Å². The first-order valence-electron chi connectivity index (χ1n) is 11.9. The van der Waals surface area contributed by atoms with Crippen LogP contribution in [-0.2, 0) is 0 Å². The maximum atomic E-state index is 13.6. The molecule has 2 aliphatic rings. The van der Waals surface area contributed by atoms with E-state index in [0.29, 0.717) is 6.04 Å². The van der Waals surface area contributed by atoms with E-state index in [4.69, 9.17) is 9.97 Å². The minimum absolute atomic E-state index is 0.243. The first-order valence-corrected chi connectivity index (χ1v) is 12.7. The van der Waals surface area contributed by atoms with Crippen LogP contribution in [0.15, 0.2) is 47.1 Å². The lowest BCUT2D eigenvalue weighted by Crippen LogP contribution is -2.53. The number of anilines is 3. The zero-order valence-corrected chi connectivity index (χ0v) is 21.5. The van der Waals surface area contributed by atoms with Crippen molar-refractivity contribution in [3.63, 3.8) is 0 Å². The van der Waals surface area contributed by atoms with Gasteiger partial charge < -0.3 is 14.7 Å². The number of pyridine rings is 1. The van der Waals surface area contributed by atoms with Crippen molar-refractivity contribution >= 4 is 33.5 Å². The third-order valence-corrected chi connectivity index (χ3v) is 7.32. The van der Waals surface area contributed by atoms with Crippen LogP contribution >= 0.6 is 15.9 Å². The molecule has 2 atom stereocenters. The van der Waals surface area contributed by atoms with Crippen LogP contribution in [0.1, 0.15) is 32.3 Å². The highest BCUT2D eigenvalue weighted by Crippen LogP contribution is 2.31. The number of benzene rings is 1. The Hall–Kier alpha value is -2.74. The first kappa shape index (κ1) is 23.0. The molecule has 0 saturated carbocycles. The lowest BCUT2D eigenvalue weighted by Gasteiger charge is -2.41. The maximum absolute atomic E-state index is 13.6. The summed E-state index contributed by atoms with van der Waals surface area (Å²) < 4.78 is 14.6. The lowest BCUT2D eigenvalue weighted by atomic mass is 10.1. The van der Waals surface area contributed by atoms with Crippen LogP contribution in [-0.4, -0.2) is 53.2 Å². The smallest absolute Gasteiger partial charge is 0.228 e. The Labute approximate surface area is 209 Å². The van der Waals surface area contributed by atoms with Crippen LogP contribution in [0.2, 0.25) is 0 Å². The molecule has 0 N–H and O–H groups in total. The standard InChI is InChI=1S/C26H30BrFN6/c1-17-13-21(27)15-29-25(17)32-11-12-33(19(3)16-32)24-14-23(20-6-8-22(28)9-7-20)30-26(31-24)34-10-4-5-18(34)2/h6-9,13-15,18-19H,4-5,10-12,16H2,1-3H3. The molecule has 2 fully saturated rings. The Kier molecular flexibility index (Phi) is 6.42. The zero-order chi connectivity index (χ0) is 23.8. The van der Waals surface area contributed by atoms with E-state index in [-0.39, 0.29) is 11.9 Å². The van der Waals surface area contributed by atoms with E-state index in [1.54, 1.807) is 12.1 Å². The summed E-state index contributed by atoms with van der Waals surface area (Å²) in [4.78, 5) is 21.6. The number of piperazine rings is 1. The van der Waals surface area contributed by atoms with Gasteiger partial charge >= 0.3 is 0 Å². The van der Waals surface area contributed by atoms with Crippen molar-refractivity contribution in [3.05, 3.63) is 58.4 Å². The van der Waals surface area contributed by atoms with E-state index in [9.17, 15) is 4.39 Å². The number of rotatable bonds is 4. The summed E-state index contributed by atoms with van der Waals surface area (Å²) in [5.41, 5.74) is 2.90. The Bertz CT molecular complexity index is 1170. The van der Waals surface area contributed by atoms with Gasteiger partial charge in [-0.15, -0.1) is 0 Å². The Morgan fingerprint density at radius 2 is 1.76 bits per heavy atom. The molecule has 0 bridgehead atoms. The molecule has 0 aliphatic carbocycles. The number of aromatic nitrogens is 3. The van der Waals surface area contributed by atoms with E-state index < -0.39 is 0 Å². The van der Waals surface area contributed by atoms with Crippen LogP contribution < -0.4 is 14.7 Å². The number of hydrogen-bond donors (Lipinski definition) is 0. The number of nitrogens with zero attached hydrogens (tertiary/aromatic N) is 6. The second kappa shape index (κ2) is 9.49.